The number of aromatic amines is 1. The van der Waals surface area contributed by atoms with E-state index in [0.717, 1.165) is 18.7 Å². The number of carbonyl (C=O) groups is 1. The lowest BCUT2D eigenvalue weighted by molar-refractivity contribution is -0.119. The normalized spacial score (nSPS) is 22.0. The van der Waals surface area contributed by atoms with Crippen molar-refractivity contribution in [3.63, 3.8) is 0 Å². The fraction of sp³-hybridized carbons (Fsp3) is 0.227. The molecule has 2 heterocycles. The third-order valence-electron chi connectivity index (χ3n) is 5.65. The number of nitrogens with zero attached hydrogens (tertiary/aromatic N) is 1. The third kappa shape index (κ3) is 2.37. The van der Waals surface area contributed by atoms with Crippen molar-refractivity contribution in [2.24, 2.45) is 5.92 Å². The molecule has 1 amide bonds. The maximum atomic E-state index is 12.8. The van der Waals surface area contributed by atoms with Crippen LogP contribution in [0.25, 0.3) is 16.5 Å². The van der Waals surface area contributed by atoms with E-state index in [-0.39, 0.29) is 11.8 Å². The Balaban J connectivity index is 1.53. The molecular formula is C22H21N3O. The average Bonchev–Trinajstić information content (AvgIpc) is 3.08. The molecule has 130 valence electrons. The Morgan fingerprint density at radius 1 is 1.15 bits per heavy atom. The van der Waals surface area contributed by atoms with Gasteiger partial charge in [-0.05, 0) is 48.4 Å². The first-order valence-electron chi connectivity index (χ1n) is 9.08. The number of para-hydroxylation sites is 1. The summed E-state index contributed by atoms with van der Waals surface area (Å²) in [5.41, 5.74) is 5.94. The monoisotopic (exact) mass is 343 g/mol. The molecule has 1 aliphatic heterocycles. The minimum absolute atomic E-state index is 0.0565. The maximum absolute atomic E-state index is 12.8. The molecule has 0 fully saturated rings. The summed E-state index contributed by atoms with van der Waals surface area (Å²) < 4.78 is 0. The lowest BCUT2D eigenvalue weighted by Crippen LogP contribution is -2.45. The molecule has 0 spiro atoms. The third-order valence-corrected chi connectivity index (χ3v) is 5.65. The summed E-state index contributed by atoms with van der Waals surface area (Å²) in [6, 6.07) is 16.4. The number of nitrogens with one attached hydrogen (secondary N) is 2. The van der Waals surface area contributed by atoms with E-state index in [1.165, 1.54) is 27.6 Å². The molecule has 0 unspecified atom stereocenters. The summed E-state index contributed by atoms with van der Waals surface area (Å²) >= 11 is 0. The van der Waals surface area contributed by atoms with E-state index in [1.807, 2.05) is 30.3 Å². The zero-order valence-corrected chi connectivity index (χ0v) is 14.7. The quantitative estimate of drug-likeness (QED) is 0.746. The van der Waals surface area contributed by atoms with Crippen molar-refractivity contribution in [3.8, 4) is 0 Å². The van der Waals surface area contributed by atoms with Crippen LogP contribution in [0, 0.1) is 5.92 Å². The van der Waals surface area contributed by atoms with Gasteiger partial charge in [-0.25, -0.2) is 0 Å². The zero-order valence-electron chi connectivity index (χ0n) is 14.7. The molecule has 0 bridgehead atoms. The first-order chi connectivity index (χ1) is 12.7. The van der Waals surface area contributed by atoms with Crippen LogP contribution in [0.4, 0.5) is 5.69 Å². The van der Waals surface area contributed by atoms with Gasteiger partial charge in [-0.1, -0.05) is 36.4 Å². The smallest absolute Gasteiger partial charge is 0.232 e. The highest BCUT2D eigenvalue weighted by molar-refractivity contribution is 6.01. The minimum Gasteiger partial charge on any atom is -0.361 e. The van der Waals surface area contributed by atoms with Gasteiger partial charge in [-0.15, -0.1) is 0 Å². The van der Waals surface area contributed by atoms with Crippen LogP contribution in [0.1, 0.15) is 11.1 Å². The number of fused-ring (bicyclic) bond motifs is 2. The van der Waals surface area contributed by atoms with Crippen molar-refractivity contribution in [1.82, 2.24) is 9.88 Å². The van der Waals surface area contributed by atoms with Gasteiger partial charge >= 0.3 is 0 Å². The number of H-pyrrole nitrogens is 1. The van der Waals surface area contributed by atoms with Crippen molar-refractivity contribution in [2.75, 3.05) is 18.9 Å². The molecule has 4 heteroatoms. The van der Waals surface area contributed by atoms with E-state index in [2.05, 4.69) is 52.7 Å². The Bertz CT molecular complexity index is 1020. The SMILES string of the molecule is CN1C[C@@H](C(=O)Nc2ccccc2)C=C2c3cccc4[nH]cc(c34)C[C@H]21. The summed E-state index contributed by atoms with van der Waals surface area (Å²) in [5, 5.41) is 4.36. The molecule has 26 heavy (non-hydrogen) atoms. The van der Waals surface area contributed by atoms with Gasteiger partial charge in [0.1, 0.15) is 0 Å². The molecule has 1 aromatic heterocycles. The summed E-state index contributed by atoms with van der Waals surface area (Å²) in [4.78, 5) is 18.5. The van der Waals surface area contributed by atoms with Crippen molar-refractivity contribution in [3.05, 3.63) is 71.9 Å². The number of amides is 1. The van der Waals surface area contributed by atoms with Gasteiger partial charge in [0.05, 0.1) is 5.92 Å². The largest absolute Gasteiger partial charge is 0.361 e. The van der Waals surface area contributed by atoms with E-state index in [9.17, 15) is 4.79 Å². The highest BCUT2D eigenvalue weighted by Gasteiger charge is 2.35. The van der Waals surface area contributed by atoms with E-state index in [4.69, 9.17) is 0 Å². The van der Waals surface area contributed by atoms with E-state index < -0.39 is 0 Å². The lowest BCUT2D eigenvalue weighted by Gasteiger charge is -2.39. The molecule has 1 aliphatic carbocycles. The Labute approximate surface area is 152 Å². The number of anilines is 1. The number of benzene rings is 2. The Hall–Kier alpha value is -2.85. The zero-order chi connectivity index (χ0) is 17.7. The number of likely N-dealkylation sites (N-methyl/N-ethyl adjacent to an activating group) is 1. The molecule has 2 atom stereocenters. The molecule has 0 radical (unpaired) electrons. The molecule has 2 N–H and O–H groups in total. The van der Waals surface area contributed by atoms with E-state index in [0.29, 0.717) is 6.04 Å². The second-order valence-corrected chi connectivity index (χ2v) is 7.29. The first-order valence-corrected chi connectivity index (χ1v) is 9.08. The minimum atomic E-state index is -0.151. The summed E-state index contributed by atoms with van der Waals surface area (Å²) in [6.45, 7) is 0.739. The van der Waals surface area contributed by atoms with Crippen LogP contribution in [0.2, 0.25) is 0 Å². The Kier molecular flexibility index (Phi) is 3.47. The number of carbonyl (C=O) groups excluding carboxylic acids is 1. The molecule has 4 nitrogen and oxygen atoms in total. The Morgan fingerprint density at radius 2 is 2.00 bits per heavy atom. The van der Waals surface area contributed by atoms with Gasteiger partial charge in [-0.3, -0.25) is 9.69 Å². The standard InChI is InChI=1S/C22H21N3O/c1-25-13-15(22(26)24-16-6-3-2-4-7-16)10-18-17-8-5-9-19-21(17)14(12-23-19)11-20(18)25/h2-10,12,15,20,23H,11,13H2,1H3,(H,24,26)/t15-,20+/m0/s1. The van der Waals surface area contributed by atoms with E-state index >= 15 is 0 Å². The van der Waals surface area contributed by atoms with Crippen LogP contribution in [-0.4, -0.2) is 35.4 Å². The molecular weight excluding hydrogens is 322 g/mol. The number of hydrogen-bond acceptors (Lipinski definition) is 2. The predicted octanol–water partition coefficient (Wildman–Crippen LogP) is 3.68. The number of rotatable bonds is 2. The van der Waals surface area contributed by atoms with Gasteiger partial charge in [-0.2, -0.15) is 0 Å². The van der Waals surface area contributed by atoms with Crippen molar-refractivity contribution < 1.29 is 4.79 Å². The van der Waals surface area contributed by atoms with Gasteiger partial charge in [0.2, 0.25) is 5.91 Å². The van der Waals surface area contributed by atoms with E-state index in [1.54, 1.807) is 0 Å². The highest BCUT2D eigenvalue weighted by Crippen LogP contribution is 2.40. The second-order valence-electron chi connectivity index (χ2n) is 7.29. The fourth-order valence-corrected chi connectivity index (χ4v) is 4.37. The van der Waals surface area contributed by atoms with Gasteiger partial charge < -0.3 is 10.3 Å². The summed E-state index contributed by atoms with van der Waals surface area (Å²) in [5.74, 6) is -0.0942. The van der Waals surface area contributed by atoms with Crippen molar-refractivity contribution >= 4 is 28.1 Å². The molecule has 0 saturated carbocycles. The highest BCUT2D eigenvalue weighted by atomic mass is 16.1. The number of hydrogen-bond donors (Lipinski definition) is 2. The molecule has 2 aliphatic rings. The first kappa shape index (κ1) is 15.4. The van der Waals surface area contributed by atoms with Crippen LogP contribution in [0.5, 0.6) is 0 Å². The van der Waals surface area contributed by atoms with Crippen LogP contribution in [0.15, 0.2) is 60.8 Å². The van der Waals surface area contributed by atoms with Gasteiger partial charge in [0.15, 0.2) is 0 Å². The summed E-state index contributed by atoms with van der Waals surface area (Å²) in [7, 11) is 2.12. The van der Waals surface area contributed by atoms with Crippen LogP contribution >= 0.6 is 0 Å². The van der Waals surface area contributed by atoms with Crippen molar-refractivity contribution in [1.29, 1.82) is 0 Å². The van der Waals surface area contributed by atoms with Crippen LogP contribution in [0.3, 0.4) is 0 Å². The lowest BCUT2D eigenvalue weighted by atomic mass is 9.80. The topological polar surface area (TPSA) is 48.1 Å². The summed E-state index contributed by atoms with van der Waals surface area (Å²) in [6.07, 6.45) is 5.31. The molecule has 2 aromatic carbocycles. The van der Waals surface area contributed by atoms with Gasteiger partial charge in [0.25, 0.3) is 0 Å². The van der Waals surface area contributed by atoms with Gasteiger partial charge in [0, 0.05) is 35.4 Å². The maximum Gasteiger partial charge on any atom is 0.232 e. The molecule has 5 rings (SSSR count). The van der Waals surface area contributed by atoms with Crippen LogP contribution in [-0.2, 0) is 11.2 Å². The molecule has 0 saturated heterocycles. The second kappa shape index (κ2) is 5.85. The number of aromatic nitrogens is 1. The van der Waals surface area contributed by atoms with Crippen LogP contribution < -0.4 is 5.32 Å². The van der Waals surface area contributed by atoms with Crippen molar-refractivity contribution in [2.45, 2.75) is 12.5 Å². The Morgan fingerprint density at radius 3 is 2.85 bits per heavy atom. The fourth-order valence-electron chi connectivity index (χ4n) is 4.37. The predicted molar refractivity (Wildman–Crippen MR) is 105 cm³/mol. The molecule has 3 aromatic rings. The average molecular weight is 343 g/mol.